The maximum Gasteiger partial charge on any atom is 0.453 e. The third kappa shape index (κ3) is 2.65. The molecule has 9 heteroatoms. The number of aromatic nitrogens is 4. The summed E-state index contributed by atoms with van der Waals surface area (Å²) in [6.45, 7) is 0.0559. The van der Waals surface area contributed by atoms with E-state index in [0.717, 1.165) is 19.3 Å². The minimum Gasteiger partial charge on any atom is -0.396 e. The number of anilines is 1. The first kappa shape index (κ1) is 14.1. The van der Waals surface area contributed by atoms with Crippen molar-refractivity contribution in [3.05, 3.63) is 18.0 Å². The monoisotopic (exact) mass is 301 g/mol. The fraction of sp³-hybridized carbons (Fsp3) is 0.583. The lowest BCUT2D eigenvalue weighted by molar-refractivity contribution is -0.146. The third-order valence-electron chi connectivity index (χ3n) is 3.74. The second-order valence-electron chi connectivity index (χ2n) is 5.13. The van der Waals surface area contributed by atoms with Gasteiger partial charge in [0, 0.05) is 18.6 Å². The standard InChI is InChI=1S/C12H14F3N5O/c13-12(14,15)11-18-17-10-5-4-9(19-20(10)11)16-8-3-1-2-7(8)6-21/h4-5,7-8,21H,1-3,6H2,(H,16,19). The first-order chi connectivity index (χ1) is 9.99. The van der Waals surface area contributed by atoms with Gasteiger partial charge >= 0.3 is 6.18 Å². The lowest BCUT2D eigenvalue weighted by atomic mass is 10.1. The molecule has 0 spiro atoms. The lowest BCUT2D eigenvalue weighted by Crippen LogP contribution is -2.27. The van der Waals surface area contributed by atoms with Crippen LogP contribution in [0.2, 0.25) is 0 Å². The Morgan fingerprint density at radius 1 is 1.29 bits per heavy atom. The van der Waals surface area contributed by atoms with Crippen molar-refractivity contribution in [2.75, 3.05) is 11.9 Å². The summed E-state index contributed by atoms with van der Waals surface area (Å²) < 4.78 is 39.0. The molecule has 2 atom stereocenters. The predicted octanol–water partition coefficient (Wildman–Crippen LogP) is 1.72. The van der Waals surface area contributed by atoms with Gasteiger partial charge in [0.2, 0.25) is 0 Å². The Labute approximate surface area is 118 Å². The van der Waals surface area contributed by atoms with Gasteiger partial charge in [-0.2, -0.15) is 17.7 Å². The minimum atomic E-state index is -4.61. The Kier molecular flexibility index (Phi) is 3.44. The van der Waals surface area contributed by atoms with Crippen molar-refractivity contribution in [1.82, 2.24) is 19.8 Å². The van der Waals surface area contributed by atoms with Crippen molar-refractivity contribution in [3.8, 4) is 0 Å². The normalized spacial score (nSPS) is 22.9. The first-order valence-electron chi connectivity index (χ1n) is 6.66. The summed E-state index contributed by atoms with van der Waals surface area (Å²) >= 11 is 0. The van der Waals surface area contributed by atoms with Crippen molar-refractivity contribution in [3.63, 3.8) is 0 Å². The second kappa shape index (κ2) is 5.14. The van der Waals surface area contributed by atoms with Crippen LogP contribution in [0.5, 0.6) is 0 Å². The van der Waals surface area contributed by atoms with Crippen LogP contribution < -0.4 is 5.32 Å². The molecular formula is C12H14F3N5O. The van der Waals surface area contributed by atoms with E-state index in [1.165, 1.54) is 6.07 Å². The summed E-state index contributed by atoms with van der Waals surface area (Å²) in [7, 11) is 0. The Balaban J connectivity index is 1.90. The number of fused-ring (bicyclic) bond motifs is 1. The number of rotatable bonds is 3. The molecule has 0 bridgehead atoms. The molecule has 0 saturated heterocycles. The number of nitrogens with zero attached hydrogens (tertiary/aromatic N) is 4. The topological polar surface area (TPSA) is 75.3 Å². The highest BCUT2D eigenvalue weighted by atomic mass is 19.4. The van der Waals surface area contributed by atoms with Crippen LogP contribution in [0.1, 0.15) is 25.1 Å². The number of alkyl halides is 3. The summed E-state index contributed by atoms with van der Waals surface area (Å²) in [6, 6.07) is 3.02. The van der Waals surface area contributed by atoms with E-state index in [4.69, 9.17) is 0 Å². The van der Waals surface area contributed by atoms with Crippen LogP contribution in [0.3, 0.4) is 0 Å². The molecular weight excluding hydrogens is 287 g/mol. The van der Waals surface area contributed by atoms with Gasteiger partial charge in [0.15, 0.2) is 5.65 Å². The molecule has 2 aromatic rings. The van der Waals surface area contributed by atoms with Gasteiger partial charge in [-0.05, 0) is 25.0 Å². The Morgan fingerprint density at radius 3 is 2.81 bits per heavy atom. The SMILES string of the molecule is OCC1CCCC1Nc1ccc2nnc(C(F)(F)F)n2n1. The zero-order chi connectivity index (χ0) is 15.0. The average molecular weight is 301 g/mol. The van der Waals surface area contributed by atoms with Crippen LogP contribution in [-0.4, -0.2) is 37.6 Å². The molecule has 0 aliphatic heterocycles. The van der Waals surface area contributed by atoms with E-state index in [1.807, 2.05) is 0 Å². The van der Waals surface area contributed by atoms with E-state index in [1.54, 1.807) is 6.07 Å². The molecule has 1 saturated carbocycles. The van der Waals surface area contributed by atoms with E-state index < -0.39 is 12.0 Å². The molecule has 6 nitrogen and oxygen atoms in total. The molecule has 21 heavy (non-hydrogen) atoms. The van der Waals surface area contributed by atoms with Crippen LogP contribution >= 0.6 is 0 Å². The van der Waals surface area contributed by atoms with E-state index in [-0.39, 0.29) is 24.2 Å². The van der Waals surface area contributed by atoms with Crippen molar-refractivity contribution < 1.29 is 18.3 Å². The fourth-order valence-electron chi connectivity index (χ4n) is 2.68. The Bertz CT molecular complexity index is 641. The van der Waals surface area contributed by atoms with Crippen LogP contribution in [-0.2, 0) is 6.18 Å². The van der Waals surface area contributed by atoms with Crippen LogP contribution in [0.4, 0.5) is 19.0 Å². The van der Waals surface area contributed by atoms with Crippen molar-refractivity contribution in [2.45, 2.75) is 31.5 Å². The summed E-state index contributed by atoms with van der Waals surface area (Å²) in [5, 5.41) is 22.9. The average Bonchev–Trinajstić information content (AvgIpc) is 3.03. The van der Waals surface area contributed by atoms with Crippen molar-refractivity contribution >= 4 is 11.5 Å². The summed E-state index contributed by atoms with van der Waals surface area (Å²) in [5.74, 6) is -0.727. The summed E-state index contributed by atoms with van der Waals surface area (Å²) in [5.41, 5.74) is 0.0398. The van der Waals surface area contributed by atoms with E-state index in [2.05, 4.69) is 20.6 Å². The van der Waals surface area contributed by atoms with Gasteiger partial charge in [-0.3, -0.25) is 0 Å². The molecule has 2 unspecified atom stereocenters. The quantitative estimate of drug-likeness (QED) is 0.903. The Morgan fingerprint density at radius 2 is 2.10 bits per heavy atom. The maximum absolute atomic E-state index is 12.8. The number of aliphatic hydroxyl groups is 1. The number of halogens is 3. The van der Waals surface area contributed by atoms with Crippen LogP contribution in [0.25, 0.3) is 5.65 Å². The highest BCUT2D eigenvalue weighted by Gasteiger charge is 2.37. The zero-order valence-electron chi connectivity index (χ0n) is 11.0. The zero-order valence-corrected chi connectivity index (χ0v) is 11.0. The van der Waals surface area contributed by atoms with Crippen molar-refractivity contribution in [2.24, 2.45) is 5.92 Å². The van der Waals surface area contributed by atoms with Gasteiger partial charge < -0.3 is 10.4 Å². The van der Waals surface area contributed by atoms with Crippen LogP contribution in [0, 0.1) is 5.92 Å². The van der Waals surface area contributed by atoms with E-state index >= 15 is 0 Å². The number of nitrogens with one attached hydrogen (secondary N) is 1. The first-order valence-corrected chi connectivity index (χ1v) is 6.66. The maximum atomic E-state index is 12.8. The molecule has 114 valence electrons. The summed E-state index contributed by atoms with van der Waals surface area (Å²) in [4.78, 5) is 0. The highest BCUT2D eigenvalue weighted by molar-refractivity contribution is 5.44. The molecule has 3 rings (SSSR count). The molecule has 0 amide bonds. The van der Waals surface area contributed by atoms with E-state index in [0.29, 0.717) is 10.3 Å². The Hall–Kier alpha value is -1.90. The van der Waals surface area contributed by atoms with Gasteiger partial charge in [-0.25, -0.2) is 0 Å². The second-order valence-corrected chi connectivity index (χ2v) is 5.13. The molecule has 1 fully saturated rings. The molecule has 0 aromatic carbocycles. The smallest absolute Gasteiger partial charge is 0.396 e. The van der Waals surface area contributed by atoms with Crippen molar-refractivity contribution in [1.29, 1.82) is 0 Å². The number of hydrogen-bond donors (Lipinski definition) is 2. The molecule has 2 aromatic heterocycles. The molecule has 2 heterocycles. The summed E-state index contributed by atoms with van der Waals surface area (Å²) in [6.07, 6.45) is -1.87. The molecule has 1 aliphatic rings. The van der Waals surface area contributed by atoms with E-state index in [9.17, 15) is 18.3 Å². The van der Waals surface area contributed by atoms with Gasteiger partial charge in [-0.15, -0.1) is 15.3 Å². The minimum absolute atomic E-state index is 0.0192. The highest BCUT2D eigenvalue weighted by Crippen LogP contribution is 2.29. The predicted molar refractivity (Wildman–Crippen MR) is 67.6 cm³/mol. The molecule has 1 aliphatic carbocycles. The third-order valence-corrected chi connectivity index (χ3v) is 3.74. The van der Waals surface area contributed by atoms with Gasteiger partial charge in [0.05, 0.1) is 0 Å². The van der Waals surface area contributed by atoms with Gasteiger partial charge in [-0.1, -0.05) is 6.42 Å². The van der Waals surface area contributed by atoms with Crippen LogP contribution in [0.15, 0.2) is 12.1 Å². The van der Waals surface area contributed by atoms with Gasteiger partial charge in [0.1, 0.15) is 5.82 Å². The number of aliphatic hydroxyl groups excluding tert-OH is 1. The molecule has 2 N–H and O–H groups in total. The number of hydrogen-bond acceptors (Lipinski definition) is 5. The molecule has 0 radical (unpaired) electrons. The lowest BCUT2D eigenvalue weighted by Gasteiger charge is -2.19. The largest absolute Gasteiger partial charge is 0.453 e. The van der Waals surface area contributed by atoms with Gasteiger partial charge in [0.25, 0.3) is 5.82 Å². The fourth-order valence-corrected chi connectivity index (χ4v) is 2.68.